The summed E-state index contributed by atoms with van der Waals surface area (Å²) in [5, 5.41) is 1.43. The Morgan fingerprint density at radius 1 is 1.38 bits per heavy atom. The molecule has 1 atom stereocenters. The van der Waals surface area contributed by atoms with Gasteiger partial charge in [-0.05, 0) is 49.6 Å². The Morgan fingerprint density at radius 2 is 2.17 bits per heavy atom. The first kappa shape index (κ1) is 17.0. The smallest absolute Gasteiger partial charge is 0.336 e. The molecule has 0 amide bonds. The summed E-state index contributed by atoms with van der Waals surface area (Å²) in [5.41, 5.74) is 1.80. The summed E-state index contributed by atoms with van der Waals surface area (Å²) in [6.45, 7) is 3.15. The van der Waals surface area contributed by atoms with Gasteiger partial charge in [0.2, 0.25) is 0 Å². The molecule has 1 saturated heterocycles. The Morgan fingerprint density at radius 3 is 2.92 bits per heavy atom. The van der Waals surface area contributed by atoms with E-state index in [-0.39, 0.29) is 12.0 Å². The maximum absolute atomic E-state index is 12.0. The van der Waals surface area contributed by atoms with Crippen LogP contribution in [0.4, 0.5) is 0 Å². The summed E-state index contributed by atoms with van der Waals surface area (Å²) in [4.78, 5) is 26.0. The highest BCUT2D eigenvalue weighted by Gasteiger charge is 2.29. The van der Waals surface area contributed by atoms with Crippen LogP contribution in [0.25, 0.3) is 11.0 Å². The molecular formula is C18H20ClNO4. The number of hydrogen-bond donors (Lipinski definition) is 0. The van der Waals surface area contributed by atoms with E-state index in [1.807, 2.05) is 13.0 Å². The topological polar surface area (TPSA) is 59.8 Å². The van der Waals surface area contributed by atoms with Crippen LogP contribution in [0.1, 0.15) is 30.4 Å². The van der Waals surface area contributed by atoms with E-state index in [0.717, 1.165) is 42.3 Å². The average molecular weight is 350 g/mol. The van der Waals surface area contributed by atoms with Crippen LogP contribution < -0.4 is 5.63 Å². The lowest BCUT2D eigenvalue weighted by Gasteiger charge is -2.33. The fourth-order valence-electron chi connectivity index (χ4n) is 3.28. The van der Waals surface area contributed by atoms with Gasteiger partial charge in [-0.2, -0.15) is 0 Å². The third-order valence-corrected chi connectivity index (χ3v) is 4.98. The number of carbonyl (C=O) groups excluding carboxylic acids is 1. The molecule has 3 rings (SSSR count). The highest BCUT2D eigenvalue weighted by Crippen LogP contribution is 2.27. The number of likely N-dealkylation sites (tertiary alicyclic amines) is 1. The van der Waals surface area contributed by atoms with E-state index in [1.165, 1.54) is 13.2 Å². The summed E-state index contributed by atoms with van der Waals surface area (Å²) in [7, 11) is 1.41. The van der Waals surface area contributed by atoms with Gasteiger partial charge in [-0.15, -0.1) is 0 Å². The van der Waals surface area contributed by atoms with E-state index in [9.17, 15) is 9.59 Å². The lowest BCUT2D eigenvalue weighted by molar-refractivity contribution is -0.148. The molecule has 0 N–H and O–H groups in total. The molecule has 6 heteroatoms. The number of piperidine rings is 1. The van der Waals surface area contributed by atoms with Crippen molar-refractivity contribution in [1.82, 2.24) is 4.90 Å². The van der Waals surface area contributed by atoms with Gasteiger partial charge >= 0.3 is 11.6 Å². The van der Waals surface area contributed by atoms with Gasteiger partial charge in [-0.1, -0.05) is 18.0 Å². The molecule has 1 fully saturated rings. The predicted octanol–water partition coefficient (Wildman–Crippen LogP) is 3.28. The first-order chi connectivity index (χ1) is 11.5. The minimum atomic E-state index is -0.397. The van der Waals surface area contributed by atoms with Crippen molar-refractivity contribution in [3.63, 3.8) is 0 Å². The number of hydrogen-bond acceptors (Lipinski definition) is 5. The number of carbonyl (C=O) groups is 1. The molecule has 128 valence electrons. The SMILES string of the molecule is COC(=O)[C@@H]1CCCCN1Cc1cc(=O)oc2cc(C)c(Cl)cc12. The number of aryl methyl sites for hydroxylation is 1. The normalized spacial score (nSPS) is 18.7. The van der Waals surface area contributed by atoms with E-state index < -0.39 is 5.63 Å². The number of methoxy groups -OCH3 is 1. The Kier molecular flexibility index (Phi) is 4.92. The van der Waals surface area contributed by atoms with Crippen LogP contribution in [0.15, 0.2) is 27.4 Å². The zero-order valence-corrected chi connectivity index (χ0v) is 14.6. The van der Waals surface area contributed by atoms with Gasteiger partial charge in [-0.3, -0.25) is 9.69 Å². The lowest BCUT2D eigenvalue weighted by Crippen LogP contribution is -2.44. The Hall–Kier alpha value is -1.85. The molecule has 5 nitrogen and oxygen atoms in total. The largest absolute Gasteiger partial charge is 0.468 e. The molecule has 2 aromatic rings. The number of rotatable bonds is 3. The second-order valence-corrected chi connectivity index (χ2v) is 6.60. The monoisotopic (exact) mass is 349 g/mol. The molecule has 1 aromatic heterocycles. The van der Waals surface area contributed by atoms with E-state index in [2.05, 4.69) is 4.90 Å². The molecule has 0 aliphatic carbocycles. The van der Waals surface area contributed by atoms with Crippen molar-refractivity contribution in [3.05, 3.63) is 44.8 Å². The summed E-state index contributed by atoms with van der Waals surface area (Å²) < 4.78 is 10.2. The highest BCUT2D eigenvalue weighted by atomic mass is 35.5. The summed E-state index contributed by atoms with van der Waals surface area (Å²) in [6.07, 6.45) is 2.79. The van der Waals surface area contributed by atoms with E-state index in [0.29, 0.717) is 17.2 Å². The van der Waals surface area contributed by atoms with Crippen LogP contribution >= 0.6 is 11.6 Å². The third-order valence-electron chi connectivity index (χ3n) is 4.57. The van der Waals surface area contributed by atoms with Crippen LogP contribution in [0.3, 0.4) is 0 Å². The van der Waals surface area contributed by atoms with Gasteiger partial charge in [0, 0.05) is 23.0 Å². The van der Waals surface area contributed by atoms with Crippen LogP contribution in [0.2, 0.25) is 5.02 Å². The second kappa shape index (κ2) is 6.95. The lowest BCUT2D eigenvalue weighted by atomic mass is 10.00. The van der Waals surface area contributed by atoms with Gasteiger partial charge in [0.05, 0.1) is 7.11 Å². The molecule has 24 heavy (non-hydrogen) atoms. The van der Waals surface area contributed by atoms with Crippen molar-refractivity contribution in [2.75, 3.05) is 13.7 Å². The zero-order valence-electron chi connectivity index (χ0n) is 13.8. The van der Waals surface area contributed by atoms with Crippen molar-refractivity contribution in [2.24, 2.45) is 0 Å². The number of halogens is 1. The Labute approximate surface area is 145 Å². The summed E-state index contributed by atoms with van der Waals surface area (Å²) in [5.74, 6) is -0.226. The Bertz CT molecular complexity index is 830. The molecule has 2 heterocycles. The number of esters is 1. The minimum Gasteiger partial charge on any atom is -0.468 e. The standard InChI is InChI=1S/C18H20ClNO4/c1-11-7-16-13(9-14(11)19)12(8-17(21)24-16)10-20-6-4-3-5-15(20)18(22)23-2/h7-9,15H,3-6,10H2,1-2H3/t15-/m0/s1. The predicted molar refractivity (Wildman–Crippen MR) is 92.3 cm³/mol. The molecule has 1 aliphatic heterocycles. The quantitative estimate of drug-likeness (QED) is 0.628. The maximum atomic E-state index is 12.0. The van der Waals surface area contributed by atoms with Crippen LogP contribution in [-0.2, 0) is 16.1 Å². The zero-order chi connectivity index (χ0) is 17.3. The van der Waals surface area contributed by atoms with Gasteiger partial charge in [-0.25, -0.2) is 4.79 Å². The van der Waals surface area contributed by atoms with Crippen molar-refractivity contribution < 1.29 is 13.9 Å². The molecule has 1 aromatic carbocycles. The molecule has 0 bridgehead atoms. The number of benzene rings is 1. The van der Waals surface area contributed by atoms with Crippen molar-refractivity contribution >= 4 is 28.5 Å². The fourth-order valence-corrected chi connectivity index (χ4v) is 3.44. The number of nitrogens with zero attached hydrogens (tertiary/aromatic N) is 1. The van der Waals surface area contributed by atoms with E-state index in [1.54, 1.807) is 6.07 Å². The average Bonchev–Trinajstić information content (AvgIpc) is 2.56. The first-order valence-electron chi connectivity index (χ1n) is 8.04. The second-order valence-electron chi connectivity index (χ2n) is 6.19. The van der Waals surface area contributed by atoms with Crippen LogP contribution in [0, 0.1) is 6.92 Å². The molecule has 1 aliphatic rings. The van der Waals surface area contributed by atoms with Gasteiger partial charge in [0.15, 0.2) is 0 Å². The molecule has 0 unspecified atom stereocenters. The Balaban J connectivity index is 2.00. The summed E-state index contributed by atoms with van der Waals surface area (Å²) in [6, 6.07) is 4.81. The number of ether oxygens (including phenoxy) is 1. The van der Waals surface area contributed by atoms with Gasteiger partial charge in [0.25, 0.3) is 0 Å². The molecule has 0 saturated carbocycles. The molecule has 0 radical (unpaired) electrons. The number of fused-ring (bicyclic) bond motifs is 1. The van der Waals surface area contributed by atoms with Crippen LogP contribution in [0.5, 0.6) is 0 Å². The molecular weight excluding hydrogens is 330 g/mol. The van der Waals surface area contributed by atoms with Crippen molar-refractivity contribution in [3.8, 4) is 0 Å². The maximum Gasteiger partial charge on any atom is 0.336 e. The van der Waals surface area contributed by atoms with E-state index >= 15 is 0 Å². The van der Waals surface area contributed by atoms with Crippen LogP contribution in [-0.4, -0.2) is 30.6 Å². The minimum absolute atomic E-state index is 0.226. The highest BCUT2D eigenvalue weighted by molar-refractivity contribution is 6.32. The summed E-state index contributed by atoms with van der Waals surface area (Å²) >= 11 is 6.24. The first-order valence-corrected chi connectivity index (χ1v) is 8.42. The van der Waals surface area contributed by atoms with Crippen molar-refractivity contribution in [1.29, 1.82) is 0 Å². The third kappa shape index (κ3) is 3.32. The van der Waals surface area contributed by atoms with E-state index in [4.69, 9.17) is 20.8 Å². The van der Waals surface area contributed by atoms with Gasteiger partial charge in [0.1, 0.15) is 11.6 Å². The van der Waals surface area contributed by atoms with Crippen molar-refractivity contribution in [2.45, 2.75) is 38.8 Å². The van der Waals surface area contributed by atoms with Gasteiger partial charge < -0.3 is 9.15 Å². The fraction of sp³-hybridized carbons (Fsp3) is 0.444. The molecule has 0 spiro atoms.